The Morgan fingerprint density at radius 1 is 1.35 bits per heavy atom. The third-order valence-corrected chi connectivity index (χ3v) is 5.10. The average Bonchev–Trinajstić information content (AvgIpc) is 2.25. The van der Waals surface area contributed by atoms with E-state index in [4.69, 9.17) is 5.73 Å². The van der Waals surface area contributed by atoms with Gasteiger partial charge in [0.2, 0.25) is 5.91 Å². The van der Waals surface area contributed by atoms with Crippen LogP contribution in [-0.2, 0) is 14.6 Å². The van der Waals surface area contributed by atoms with Crippen LogP contribution in [0.2, 0.25) is 0 Å². The fourth-order valence-corrected chi connectivity index (χ4v) is 2.79. The number of likely N-dealkylation sites (N-methyl/N-ethyl adjacent to an activating group) is 1. The first-order valence-electron chi connectivity index (χ1n) is 5.96. The summed E-state index contributed by atoms with van der Waals surface area (Å²) >= 11 is 0. The van der Waals surface area contributed by atoms with Crippen molar-refractivity contribution < 1.29 is 13.2 Å². The van der Waals surface area contributed by atoms with Crippen LogP contribution < -0.4 is 5.73 Å². The van der Waals surface area contributed by atoms with Gasteiger partial charge < -0.3 is 10.6 Å². The average molecular weight is 262 g/mol. The summed E-state index contributed by atoms with van der Waals surface area (Å²) in [6, 6.07) is -0.0649. The van der Waals surface area contributed by atoms with Crippen molar-refractivity contribution in [3.8, 4) is 0 Å². The Morgan fingerprint density at radius 2 is 1.88 bits per heavy atom. The smallest absolute Gasteiger partial charge is 0.240 e. The Balaban J connectivity index is 2.75. The molecule has 0 aromatic carbocycles. The van der Waals surface area contributed by atoms with E-state index in [9.17, 15) is 13.2 Å². The third-order valence-electron chi connectivity index (χ3n) is 3.62. The minimum absolute atomic E-state index is 0.0274. The molecule has 3 unspecified atom stereocenters. The Hall–Kier alpha value is -0.620. The van der Waals surface area contributed by atoms with Crippen LogP contribution in [0.25, 0.3) is 0 Å². The van der Waals surface area contributed by atoms with Crippen molar-refractivity contribution in [1.29, 1.82) is 0 Å². The van der Waals surface area contributed by atoms with Crippen LogP contribution >= 0.6 is 0 Å². The van der Waals surface area contributed by atoms with Gasteiger partial charge in [-0.1, -0.05) is 12.8 Å². The minimum atomic E-state index is -3.34. The summed E-state index contributed by atoms with van der Waals surface area (Å²) in [4.78, 5) is 13.5. The SMILES string of the molecule is CC(C(=O)N(C)C1CCCCC1N)S(C)(=O)=O. The maximum atomic E-state index is 12.0. The summed E-state index contributed by atoms with van der Waals surface area (Å²) in [7, 11) is -1.68. The quantitative estimate of drug-likeness (QED) is 0.785. The fraction of sp³-hybridized carbons (Fsp3) is 0.909. The maximum Gasteiger partial charge on any atom is 0.240 e. The molecule has 0 aliphatic heterocycles. The highest BCUT2D eigenvalue weighted by Gasteiger charge is 2.33. The van der Waals surface area contributed by atoms with Gasteiger partial charge in [-0.2, -0.15) is 0 Å². The zero-order chi connectivity index (χ0) is 13.2. The molecule has 0 aromatic rings. The first-order valence-corrected chi connectivity index (χ1v) is 7.91. The van der Waals surface area contributed by atoms with Crippen LogP contribution in [0.5, 0.6) is 0 Å². The molecule has 0 aromatic heterocycles. The molecule has 1 aliphatic rings. The van der Waals surface area contributed by atoms with Gasteiger partial charge in [0.05, 0.1) is 0 Å². The molecule has 0 spiro atoms. The summed E-state index contributed by atoms with van der Waals surface area (Å²) in [5, 5.41) is -0.985. The lowest BCUT2D eigenvalue weighted by atomic mass is 9.90. The molecule has 6 heteroatoms. The van der Waals surface area contributed by atoms with Gasteiger partial charge >= 0.3 is 0 Å². The van der Waals surface area contributed by atoms with Crippen molar-refractivity contribution in [3.63, 3.8) is 0 Å². The third kappa shape index (κ3) is 3.42. The topological polar surface area (TPSA) is 80.5 Å². The van der Waals surface area contributed by atoms with Crippen LogP contribution in [0.3, 0.4) is 0 Å². The standard InChI is InChI=1S/C11H22N2O3S/c1-8(17(3,15)16)11(14)13(2)10-7-5-4-6-9(10)12/h8-10H,4-7,12H2,1-3H3. The molecular formula is C11H22N2O3S. The summed E-state index contributed by atoms with van der Waals surface area (Å²) in [5.74, 6) is -0.352. The second kappa shape index (κ2) is 5.35. The number of nitrogens with zero attached hydrogens (tertiary/aromatic N) is 1. The van der Waals surface area contributed by atoms with Crippen LogP contribution in [-0.4, -0.2) is 49.9 Å². The fourth-order valence-electron chi connectivity index (χ4n) is 2.25. The van der Waals surface area contributed by atoms with Gasteiger partial charge in [0.25, 0.3) is 0 Å². The zero-order valence-electron chi connectivity index (χ0n) is 10.7. The second-order valence-corrected chi connectivity index (χ2v) is 7.30. The predicted molar refractivity (Wildman–Crippen MR) is 67.3 cm³/mol. The van der Waals surface area contributed by atoms with Gasteiger partial charge in [0.1, 0.15) is 5.25 Å². The van der Waals surface area contributed by atoms with E-state index in [1.165, 1.54) is 11.8 Å². The summed E-state index contributed by atoms with van der Waals surface area (Å²) in [5.41, 5.74) is 5.98. The minimum Gasteiger partial charge on any atom is -0.340 e. The molecule has 1 rings (SSSR count). The van der Waals surface area contributed by atoms with E-state index in [2.05, 4.69) is 0 Å². The van der Waals surface area contributed by atoms with Crippen molar-refractivity contribution in [2.24, 2.45) is 5.73 Å². The van der Waals surface area contributed by atoms with E-state index >= 15 is 0 Å². The lowest BCUT2D eigenvalue weighted by Gasteiger charge is -2.36. The van der Waals surface area contributed by atoms with Gasteiger partial charge in [0, 0.05) is 25.4 Å². The number of carbonyl (C=O) groups excluding carboxylic acids is 1. The van der Waals surface area contributed by atoms with Crippen molar-refractivity contribution in [1.82, 2.24) is 4.90 Å². The highest BCUT2D eigenvalue weighted by atomic mass is 32.2. The molecule has 3 atom stereocenters. The molecule has 100 valence electrons. The van der Waals surface area contributed by atoms with E-state index in [1.54, 1.807) is 7.05 Å². The lowest BCUT2D eigenvalue weighted by molar-refractivity contribution is -0.132. The predicted octanol–water partition coefficient (Wildman–Crippen LogP) is 0.148. The molecule has 1 aliphatic carbocycles. The molecule has 0 saturated heterocycles. The monoisotopic (exact) mass is 262 g/mol. The largest absolute Gasteiger partial charge is 0.340 e. The number of sulfone groups is 1. The lowest BCUT2D eigenvalue weighted by Crippen LogP contribution is -2.53. The maximum absolute atomic E-state index is 12.0. The van der Waals surface area contributed by atoms with Crippen molar-refractivity contribution in [3.05, 3.63) is 0 Å². The first kappa shape index (κ1) is 14.4. The van der Waals surface area contributed by atoms with Crippen LogP contribution in [0.1, 0.15) is 32.6 Å². The van der Waals surface area contributed by atoms with Gasteiger partial charge in [-0.15, -0.1) is 0 Å². The number of hydrogen-bond donors (Lipinski definition) is 1. The van der Waals surface area contributed by atoms with E-state index < -0.39 is 15.1 Å². The number of nitrogens with two attached hydrogens (primary N) is 1. The van der Waals surface area contributed by atoms with E-state index in [0.717, 1.165) is 31.9 Å². The van der Waals surface area contributed by atoms with E-state index in [0.29, 0.717) is 0 Å². The van der Waals surface area contributed by atoms with Crippen LogP contribution in [0.15, 0.2) is 0 Å². The summed E-state index contributed by atoms with van der Waals surface area (Å²) in [6.07, 6.45) is 4.98. The van der Waals surface area contributed by atoms with Crippen LogP contribution in [0.4, 0.5) is 0 Å². The normalized spacial score (nSPS) is 27.5. The Morgan fingerprint density at radius 3 is 2.35 bits per heavy atom. The van der Waals surface area contributed by atoms with E-state index in [-0.39, 0.29) is 18.0 Å². The van der Waals surface area contributed by atoms with Gasteiger partial charge in [0.15, 0.2) is 9.84 Å². The number of amides is 1. The highest BCUT2D eigenvalue weighted by Crippen LogP contribution is 2.22. The molecule has 17 heavy (non-hydrogen) atoms. The molecule has 0 radical (unpaired) electrons. The Bertz CT molecular complexity index is 380. The Kier molecular flexibility index (Phi) is 4.55. The molecule has 0 bridgehead atoms. The van der Waals surface area contributed by atoms with Gasteiger partial charge in [-0.05, 0) is 19.8 Å². The second-order valence-electron chi connectivity index (χ2n) is 4.94. The van der Waals surface area contributed by atoms with Gasteiger partial charge in [-0.3, -0.25) is 4.79 Å². The van der Waals surface area contributed by atoms with Gasteiger partial charge in [-0.25, -0.2) is 8.42 Å². The van der Waals surface area contributed by atoms with Crippen molar-refractivity contribution in [2.45, 2.75) is 49.9 Å². The molecule has 2 N–H and O–H groups in total. The summed E-state index contributed by atoms with van der Waals surface area (Å²) < 4.78 is 22.7. The zero-order valence-corrected chi connectivity index (χ0v) is 11.5. The van der Waals surface area contributed by atoms with Crippen molar-refractivity contribution in [2.75, 3.05) is 13.3 Å². The number of carbonyl (C=O) groups is 1. The molecule has 1 fully saturated rings. The van der Waals surface area contributed by atoms with E-state index in [1.807, 2.05) is 0 Å². The molecule has 0 heterocycles. The number of hydrogen-bond acceptors (Lipinski definition) is 4. The van der Waals surface area contributed by atoms with Crippen LogP contribution in [0, 0.1) is 0 Å². The number of rotatable bonds is 3. The molecular weight excluding hydrogens is 240 g/mol. The van der Waals surface area contributed by atoms with Crippen molar-refractivity contribution >= 4 is 15.7 Å². The molecule has 1 amide bonds. The highest BCUT2D eigenvalue weighted by molar-refractivity contribution is 7.92. The summed E-state index contributed by atoms with van der Waals surface area (Å²) in [6.45, 7) is 1.43. The Labute approximate surface area is 103 Å². The molecule has 1 saturated carbocycles. The molecule has 5 nitrogen and oxygen atoms in total. The first-order chi connectivity index (χ1) is 7.75.